The van der Waals surface area contributed by atoms with E-state index < -0.39 is 6.10 Å². The zero-order chi connectivity index (χ0) is 13.2. The number of morpholine rings is 1. The number of carbonyl (C=O) groups excluding carboxylic acids is 1. The first-order chi connectivity index (χ1) is 9.29. The van der Waals surface area contributed by atoms with Gasteiger partial charge in [-0.05, 0) is 25.1 Å². The molecule has 1 saturated heterocycles. The number of hydrogen-bond donors (Lipinski definition) is 1. The monoisotopic (exact) mass is 264 g/mol. The quantitative estimate of drug-likeness (QED) is 0.860. The lowest BCUT2D eigenvalue weighted by Gasteiger charge is -2.32. The summed E-state index contributed by atoms with van der Waals surface area (Å²) in [7, 11) is 0. The first-order valence-electron chi connectivity index (χ1n) is 6.32. The molecule has 1 aromatic rings. The molecule has 102 valence electrons. The van der Waals surface area contributed by atoms with Gasteiger partial charge in [-0.3, -0.25) is 4.79 Å². The minimum atomic E-state index is -0.441. The van der Waals surface area contributed by atoms with E-state index in [4.69, 9.17) is 19.9 Å². The lowest BCUT2D eigenvalue weighted by molar-refractivity contribution is -0.134. The Morgan fingerprint density at radius 1 is 1.32 bits per heavy atom. The fourth-order valence-electron chi connectivity index (χ4n) is 2.31. The summed E-state index contributed by atoms with van der Waals surface area (Å²) in [6.45, 7) is 1.72. The van der Waals surface area contributed by atoms with Crippen molar-refractivity contribution in [1.29, 1.82) is 0 Å². The molecular formula is C13H16N2O4. The normalized spacial score (nSPS) is 21.8. The standard InChI is InChI=1S/C13H16N2O4/c14-4-3-11-13(16)15(5-6-17-11)9-1-2-10-12(7-9)19-8-18-10/h1-2,7,11H,3-6,8,14H2. The van der Waals surface area contributed by atoms with Crippen LogP contribution in [0.4, 0.5) is 5.69 Å². The fourth-order valence-corrected chi connectivity index (χ4v) is 2.31. The van der Waals surface area contributed by atoms with Crippen LogP contribution < -0.4 is 20.1 Å². The Kier molecular flexibility index (Phi) is 3.27. The molecule has 0 saturated carbocycles. The highest BCUT2D eigenvalue weighted by molar-refractivity contribution is 5.97. The van der Waals surface area contributed by atoms with Crippen molar-refractivity contribution in [1.82, 2.24) is 0 Å². The molecule has 1 aromatic carbocycles. The molecule has 0 bridgehead atoms. The number of benzene rings is 1. The number of carbonyl (C=O) groups is 1. The smallest absolute Gasteiger partial charge is 0.256 e. The highest BCUT2D eigenvalue weighted by atomic mass is 16.7. The van der Waals surface area contributed by atoms with E-state index in [1.54, 1.807) is 4.90 Å². The van der Waals surface area contributed by atoms with E-state index in [0.717, 1.165) is 5.69 Å². The third-order valence-corrected chi connectivity index (χ3v) is 3.27. The van der Waals surface area contributed by atoms with Gasteiger partial charge in [0.1, 0.15) is 6.10 Å². The molecule has 1 unspecified atom stereocenters. The maximum Gasteiger partial charge on any atom is 0.256 e. The Balaban J connectivity index is 1.83. The minimum Gasteiger partial charge on any atom is -0.454 e. The maximum atomic E-state index is 12.3. The number of nitrogens with zero attached hydrogens (tertiary/aromatic N) is 1. The van der Waals surface area contributed by atoms with Crippen molar-refractivity contribution in [3.63, 3.8) is 0 Å². The summed E-state index contributed by atoms with van der Waals surface area (Å²) < 4.78 is 16.0. The van der Waals surface area contributed by atoms with Gasteiger partial charge in [0.05, 0.1) is 6.61 Å². The molecule has 0 radical (unpaired) electrons. The zero-order valence-corrected chi connectivity index (χ0v) is 10.5. The predicted molar refractivity (Wildman–Crippen MR) is 68.3 cm³/mol. The van der Waals surface area contributed by atoms with Crippen LogP contribution in [0.25, 0.3) is 0 Å². The fraction of sp³-hybridized carbons (Fsp3) is 0.462. The molecule has 0 spiro atoms. The van der Waals surface area contributed by atoms with Crippen LogP contribution in [0, 0.1) is 0 Å². The Hall–Kier alpha value is -1.79. The van der Waals surface area contributed by atoms with Crippen molar-refractivity contribution < 1.29 is 19.0 Å². The number of ether oxygens (including phenoxy) is 3. The minimum absolute atomic E-state index is 0.0458. The first-order valence-corrected chi connectivity index (χ1v) is 6.32. The Morgan fingerprint density at radius 3 is 3.00 bits per heavy atom. The Labute approximate surface area is 111 Å². The molecule has 2 heterocycles. The summed E-state index contributed by atoms with van der Waals surface area (Å²) in [5.41, 5.74) is 6.30. The maximum absolute atomic E-state index is 12.3. The third-order valence-electron chi connectivity index (χ3n) is 3.27. The van der Waals surface area contributed by atoms with Crippen LogP contribution in [0.3, 0.4) is 0 Å². The summed E-state index contributed by atoms with van der Waals surface area (Å²) in [5.74, 6) is 1.34. The molecule has 1 amide bonds. The molecule has 6 heteroatoms. The van der Waals surface area contributed by atoms with Crippen molar-refractivity contribution in [3.05, 3.63) is 18.2 Å². The second kappa shape index (κ2) is 5.07. The highest BCUT2D eigenvalue weighted by Crippen LogP contribution is 2.36. The summed E-state index contributed by atoms with van der Waals surface area (Å²) >= 11 is 0. The van der Waals surface area contributed by atoms with Crippen LogP contribution in [0.5, 0.6) is 11.5 Å². The van der Waals surface area contributed by atoms with Gasteiger partial charge in [0, 0.05) is 18.3 Å². The van der Waals surface area contributed by atoms with Gasteiger partial charge in [-0.15, -0.1) is 0 Å². The van der Waals surface area contributed by atoms with E-state index in [0.29, 0.717) is 37.6 Å². The average Bonchev–Trinajstić information content (AvgIpc) is 2.88. The predicted octanol–water partition coefficient (Wildman–Crippen LogP) is 0.496. The van der Waals surface area contributed by atoms with Crippen molar-refractivity contribution in [3.8, 4) is 11.5 Å². The van der Waals surface area contributed by atoms with Gasteiger partial charge in [-0.25, -0.2) is 0 Å². The number of anilines is 1. The van der Waals surface area contributed by atoms with Gasteiger partial charge >= 0.3 is 0 Å². The number of nitrogens with two attached hydrogens (primary N) is 1. The van der Waals surface area contributed by atoms with Crippen molar-refractivity contribution in [2.75, 3.05) is 31.4 Å². The molecule has 2 aliphatic rings. The number of amides is 1. The van der Waals surface area contributed by atoms with Gasteiger partial charge < -0.3 is 24.8 Å². The molecule has 1 atom stereocenters. The van der Waals surface area contributed by atoms with E-state index >= 15 is 0 Å². The van der Waals surface area contributed by atoms with Crippen LogP contribution in [-0.4, -0.2) is 38.5 Å². The molecule has 0 aromatic heterocycles. The second-order valence-electron chi connectivity index (χ2n) is 4.46. The molecule has 3 rings (SSSR count). The van der Waals surface area contributed by atoms with Gasteiger partial charge in [0.25, 0.3) is 5.91 Å². The van der Waals surface area contributed by atoms with Crippen molar-refractivity contribution >= 4 is 11.6 Å². The molecule has 19 heavy (non-hydrogen) atoms. The molecule has 2 aliphatic heterocycles. The molecule has 6 nitrogen and oxygen atoms in total. The van der Waals surface area contributed by atoms with Crippen LogP contribution in [0.1, 0.15) is 6.42 Å². The first kappa shape index (κ1) is 12.3. The van der Waals surface area contributed by atoms with Gasteiger partial charge in [0.2, 0.25) is 6.79 Å². The molecule has 0 aliphatic carbocycles. The zero-order valence-electron chi connectivity index (χ0n) is 10.5. The lowest BCUT2D eigenvalue weighted by atomic mass is 10.1. The Bertz CT molecular complexity index is 490. The van der Waals surface area contributed by atoms with Crippen molar-refractivity contribution in [2.45, 2.75) is 12.5 Å². The molecular weight excluding hydrogens is 248 g/mol. The van der Waals surface area contributed by atoms with E-state index in [9.17, 15) is 4.79 Å². The largest absolute Gasteiger partial charge is 0.454 e. The second-order valence-corrected chi connectivity index (χ2v) is 4.46. The third kappa shape index (κ3) is 2.24. The van der Waals surface area contributed by atoms with E-state index in [1.165, 1.54) is 0 Å². The number of hydrogen-bond acceptors (Lipinski definition) is 5. The van der Waals surface area contributed by atoms with Crippen LogP contribution in [-0.2, 0) is 9.53 Å². The van der Waals surface area contributed by atoms with Crippen LogP contribution >= 0.6 is 0 Å². The van der Waals surface area contributed by atoms with Crippen molar-refractivity contribution in [2.24, 2.45) is 5.73 Å². The highest BCUT2D eigenvalue weighted by Gasteiger charge is 2.30. The van der Waals surface area contributed by atoms with Gasteiger partial charge in [-0.2, -0.15) is 0 Å². The van der Waals surface area contributed by atoms with E-state index in [1.807, 2.05) is 18.2 Å². The Morgan fingerprint density at radius 2 is 2.16 bits per heavy atom. The average molecular weight is 264 g/mol. The number of fused-ring (bicyclic) bond motifs is 1. The summed E-state index contributed by atoms with van der Waals surface area (Å²) in [4.78, 5) is 14.0. The van der Waals surface area contributed by atoms with Crippen LogP contribution in [0.15, 0.2) is 18.2 Å². The van der Waals surface area contributed by atoms with Gasteiger partial charge in [0.15, 0.2) is 11.5 Å². The van der Waals surface area contributed by atoms with E-state index in [-0.39, 0.29) is 12.7 Å². The molecule has 2 N–H and O–H groups in total. The van der Waals surface area contributed by atoms with Crippen LogP contribution in [0.2, 0.25) is 0 Å². The summed E-state index contributed by atoms with van der Waals surface area (Å²) in [6, 6.07) is 5.50. The summed E-state index contributed by atoms with van der Waals surface area (Å²) in [6.07, 6.45) is 0.101. The summed E-state index contributed by atoms with van der Waals surface area (Å²) in [5, 5.41) is 0. The van der Waals surface area contributed by atoms with E-state index in [2.05, 4.69) is 0 Å². The SMILES string of the molecule is NCCC1OCCN(c2ccc3c(c2)OCO3)C1=O. The topological polar surface area (TPSA) is 74.0 Å². The number of rotatable bonds is 3. The lowest BCUT2D eigenvalue weighted by Crippen LogP contribution is -2.48. The van der Waals surface area contributed by atoms with Gasteiger partial charge in [-0.1, -0.05) is 0 Å². The molecule has 1 fully saturated rings.